The molecule has 0 radical (unpaired) electrons. The van der Waals surface area contributed by atoms with Crippen LogP contribution in [-0.4, -0.2) is 39.5 Å². The van der Waals surface area contributed by atoms with E-state index in [1.54, 1.807) is 14.2 Å². The summed E-state index contributed by atoms with van der Waals surface area (Å²) in [5.41, 5.74) is 1.79. The first kappa shape index (κ1) is 18.1. The average molecular weight is 395 g/mol. The molecule has 28 heavy (non-hydrogen) atoms. The summed E-state index contributed by atoms with van der Waals surface area (Å²) in [6.07, 6.45) is 0. The number of ether oxygens (including phenoxy) is 2. The SMILES string of the molecule is COc1ccc(-c2noc(CSc3n[nH]c(-c4ccc(OC)cc4)n3)n2)cc1. The number of aromatic nitrogens is 5. The zero-order valence-corrected chi connectivity index (χ0v) is 16.1. The highest BCUT2D eigenvalue weighted by atomic mass is 32.2. The maximum Gasteiger partial charge on any atom is 0.237 e. The van der Waals surface area contributed by atoms with Crippen molar-refractivity contribution in [3.05, 3.63) is 54.4 Å². The summed E-state index contributed by atoms with van der Waals surface area (Å²) in [7, 11) is 3.26. The Kier molecular flexibility index (Phi) is 5.24. The van der Waals surface area contributed by atoms with E-state index in [0.29, 0.717) is 28.4 Å². The Hall–Kier alpha value is -3.33. The molecule has 0 atom stereocenters. The van der Waals surface area contributed by atoms with Crippen LogP contribution in [0.5, 0.6) is 11.5 Å². The standard InChI is InChI=1S/C19H17N5O3S/c1-25-14-7-3-12(4-8-14)17-21-19(23-22-17)28-11-16-20-18(24-27-16)13-5-9-15(26-2)10-6-13/h3-10H,11H2,1-2H3,(H,21,22,23). The highest BCUT2D eigenvalue weighted by molar-refractivity contribution is 7.98. The van der Waals surface area contributed by atoms with Gasteiger partial charge < -0.3 is 14.0 Å². The first-order chi connectivity index (χ1) is 13.7. The second-order valence-corrected chi connectivity index (χ2v) is 6.67. The van der Waals surface area contributed by atoms with E-state index < -0.39 is 0 Å². The van der Waals surface area contributed by atoms with Crippen molar-refractivity contribution in [3.8, 4) is 34.3 Å². The molecule has 0 fully saturated rings. The molecule has 2 aromatic heterocycles. The lowest BCUT2D eigenvalue weighted by Crippen LogP contribution is -1.85. The van der Waals surface area contributed by atoms with Gasteiger partial charge in [-0.05, 0) is 48.5 Å². The van der Waals surface area contributed by atoms with Gasteiger partial charge in [0.1, 0.15) is 11.5 Å². The van der Waals surface area contributed by atoms with Crippen molar-refractivity contribution in [1.29, 1.82) is 0 Å². The van der Waals surface area contributed by atoms with Crippen LogP contribution >= 0.6 is 11.8 Å². The quantitative estimate of drug-likeness (QED) is 0.471. The maximum atomic E-state index is 5.32. The number of nitrogens with zero attached hydrogens (tertiary/aromatic N) is 4. The van der Waals surface area contributed by atoms with Gasteiger partial charge in [-0.15, -0.1) is 5.10 Å². The van der Waals surface area contributed by atoms with Gasteiger partial charge in [0, 0.05) is 11.1 Å². The molecule has 0 amide bonds. The molecule has 0 aliphatic rings. The summed E-state index contributed by atoms with van der Waals surface area (Å²) in [6.45, 7) is 0. The maximum absolute atomic E-state index is 5.32. The number of thioether (sulfide) groups is 1. The van der Waals surface area contributed by atoms with Crippen LogP contribution in [0, 0.1) is 0 Å². The van der Waals surface area contributed by atoms with Crippen molar-refractivity contribution in [2.24, 2.45) is 0 Å². The normalized spacial score (nSPS) is 10.8. The first-order valence-corrected chi connectivity index (χ1v) is 9.40. The van der Waals surface area contributed by atoms with Crippen molar-refractivity contribution >= 4 is 11.8 Å². The molecule has 1 N–H and O–H groups in total. The number of benzene rings is 2. The first-order valence-electron chi connectivity index (χ1n) is 8.42. The summed E-state index contributed by atoms with van der Waals surface area (Å²) < 4.78 is 15.6. The molecular formula is C19H17N5O3S. The topological polar surface area (TPSA) is 99.0 Å². The molecule has 4 aromatic rings. The summed E-state index contributed by atoms with van der Waals surface area (Å²) in [5, 5.41) is 11.8. The van der Waals surface area contributed by atoms with E-state index in [1.165, 1.54) is 11.8 Å². The number of methoxy groups -OCH3 is 2. The molecule has 0 bridgehead atoms. The van der Waals surface area contributed by atoms with E-state index in [9.17, 15) is 0 Å². The third-order valence-corrected chi connectivity index (χ3v) is 4.80. The smallest absolute Gasteiger partial charge is 0.237 e. The second-order valence-electron chi connectivity index (χ2n) is 5.72. The minimum Gasteiger partial charge on any atom is -0.497 e. The zero-order valence-electron chi connectivity index (χ0n) is 15.2. The molecule has 9 heteroatoms. The fraction of sp³-hybridized carbons (Fsp3) is 0.158. The van der Waals surface area contributed by atoms with Crippen molar-refractivity contribution in [1.82, 2.24) is 25.3 Å². The van der Waals surface area contributed by atoms with Crippen LogP contribution in [0.1, 0.15) is 5.89 Å². The molecule has 0 saturated carbocycles. The summed E-state index contributed by atoms with van der Waals surface area (Å²) >= 11 is 1.42. The van der Waals surface area contributed by atoms with Gasteiger partial charge in [0.05, 0.1) is 20.0 Å². The molecule has 2 heterocycles. The van der Waals surface area contributed by atoms with Crippen molar-refractivity contribution in [2.45, 2.75) is 10.9 Å². The Bertz CT molecular complexity index is 958. The van der Waals surface area contributed by atoms with Gasteiger partial charge >= 0.3 is 0 Å². The van der Waals surface area contributed by atoms with Crippen molar-refractivity contribution < 1.29 is 14.0 Å². The van der Waals surface area contributed by atoms with Crippen LogP contribution in [0.2, 0.25) is 0 Å². The Morgan fingerprint density at radius 3 is 2.18 bits per heavy atom. The highest BCUT2D eigenvalue weighted by Gasteiger charge is 2.12. The van der Waals surface area contributed by atoms with Crippen molar-refractivity contribution in [2.75, 3.05) is 14.2 Å². The number of H-pyrrole nitrogens is 1. The lowest BCUT2D eigenvalue weighted by atomic mass is 10.2. The fourth-order valence-electron chi connectivity index (χ4n) is 2.49. The second kappa shape index (κ2) is 8.13. The minimum absolute atomic E-state index is 0.475. The van der Waals surface area contributed by atoms with Gasteiger partial charge in [-0.2, -0.15) is 4.98 Å². The monoisotopic (exact) mass is 395 g/mol. The summed E-state index contributed by atoms with van der Waals surface area (Å²) in [5.74, 6) is 3.78. The molecule has 0 saturated heterocycles. The number of hydrogen-bond acceptors (Lipinski definition) is 8. The van der Waals surface area contributed by atoms with Gasteiger partial charge in [-0.25, -0.2) is 4.98 Å². The van der Waals surface area contributed by atoms with Crippen LogP contribution in [-0.2, 0) is 5.75 Å². The van der Waals surface area contributed by atoms with E-state index in [2.05, 4.69) is 25.3 Å². The van der Waals surface area contributed by atoms with Gasteiger partial charge in [0.25, 0.3) is 0 Å². The van der Waals surface area contributed by atoms with Crippen LogP contribution in [0.15, 0.2) is 58.2 Å². The third kappa shape index (κ3) is 3.99. The number of rotatable bonds is 7. The molecule has 0 aliphatic carbocycles. The van der Waals surface area contributed by atoms with E-state index >= 15 is 0 Å². The Balaban J connectivity index is 1.39. The van der Waals surface area contributed by atoms with Gasteiger partial charge in [-0.1, -0.05) is 16.9 Å². The van der Waals surface area contributed by atoms with Crippen LogP contribution in [0.3, 0.4) is 0 Å². The van der Waals surface area contributed by atoms with Crippen LogP contribution in [0.4, 0.5) is 0 Å². The third-order valence-electron chi connectivity index (χ3n) is 3.97. The molecule has 8 nitrogen and oxygen atoms in total. The summed E-state index contributed by atoms with van der Waals surface area (Å²) in [4.78, 5) is 8.90. The molecule has 0 aliphatic heterocycles. The molecule has 4 rings (SSSR count). The van der Waals surface area contributed by atoms with Crippen LogP contribution < -0.4 is 9.47 Å². The van der Waals surface area contributed by atoms with E-state index in [4.69, 9.17) is 14.0 Å². The van der Waals surface area contributed by atoms with E-state index in [0.717, 1.165) is 22.6 Å². The zero-order chi connectivity index (χ0) is 19.3. The molecule has 0 unspecified atom stereocenters. The van der Waals surface area contributed by atoms with Gasteiger partial charge in [0.2, 0.25) is 16.9 Å². The number of hydrogen-bond donors (Lipinski definition) is 1. The Labute approximate surface area is 165 Å². The lowest BCUT2D eigenvalue weighted by Gasteiger charge is -1.99. The Morgan fingerprint density at radius 1 is 0.893 bits per heavy atom. The molecule has 0 spiro atoms. The predicted molar refractivity (Wildman–Crippen MR) is 104 cm³/mol. The van der Waals surface area contributed by atoms with Crippen LogP contribution in [0.25, 0.3) is 22.8 Å². The van der Waals surface area contributed by atoms with E-state index in [-0.39, 0.29) is 0 Å². The Morgan fingerprint density at radius 2 is 1.54 bits per heavy atom. The van der Waals surface area contributed by atoms with Gasteiger partial charge in [-0.3, -0.25) is 5.10 Å². The average Bonchev–Trinajstić information content (AvgIpc) is 3.42. The predicted octanol–water partition coefficient (Wildman–Crippen LogP) is 3.83. The number of aromatic amines is 1. The molecular weight excluding hydrogens is 378 g/mol. The molecule has 2 aromatic carbocycles. The lowest BCUT2D eigenvalue weighted by molar-refractivity contribution is 0.391. The largest absolute Gasteiger partial charge is 0.497 e. The van der Waals surface area contributed by atoms with Crippen molar-refractivity contribution in [3.63, 3.8) is 0 Å². The fourth-order valence-corrected chi connectivity index (χ4v) is 3.12. The van der Waals surface area contributed by atoms with Gasteiger partial charge in [0.15, 0.2) is 5.82 Å². The van der Waals surface area contributed by atoms with E-state index in [1.807, 2.05) is 48.5 Å². The number of nitrogens with one attached hydrogen (secondary N) is 1. The highest BCUT2D eigenvalue weighted by Crippen LogP contribution is 2.25. The summed E-state index contributed by atoms with van der Waals surface area (Å²) in [6, 6.07) is 15.1. The minimum atomic E-state index is 0.475. The molecule has 142 valence electrons.